The third-order valence-corrected chi connectivity index (χ3v) is 4.14. The lowest BCUT2D eigenvalue weighted by atomic mass is 10.3. The molecule has 1 aliphatic rings. The van der Waals surface area contributed by atoms with E-state index in [0.29, 0.717) is 17.9 Å². The molecule has 1 aromatic carbocycles. The number of fused-ring (bicyclic) bond motifs is 1. The Morgan fingerprint density at radius 1 is 0.885 bits per heavy atom. The molecule has 0 saturated heterocycles. The summed E-state index contributed by atoms with van der Waals surface area (Å²) < 4.78 is 1.95. The summed E-state index contributed by atoms with van der Waals surface area (Å²) in [5.41, 5.74) is 2.47. The van der Waals surface area contributed by atoms with Crippen molar-refractivity contribution >= 4 is 28.9 Å². The summed E-state index contributed by atoms with van der Waals surface area (Å²) >= 11 is 0. The fourth-order valence-corrected chi connectivity index (χ4v) is 2.72. The number of anilines is 3. The van der Waals surface area contributed by atoms with Crippen LogP contribution in [0.25, 0.3) is 16.9 Å². The molecule has 0 amide bonds. The number of benzene rings is 1. The first-order valence-corrected chi connectivity index (χ1v) is 8.48. The molecule has 0 aliphatic heterocycles. The minimum Gasteiger partial charge on any atom is -0.365 e. The van der Waals surface area contributed by atoms with Gasteiger partial charge >= 0.3 is 0 Å². The Labute approximate surface area is 149 Å². The second kappa shape index (κ2) is 6.07. The normalized spacial score (nSPS) is 13.7. The molecule has 2 N–H and O–H groups in total. The molecule has 0 spiro atoms. The SMILES string of the molecule is c1ccc(-n2cnc3c(NC4CC4)nc(Nc4ncccn4)nc32)cc1. The van der Waals surface area contributed by atoms with Gasteiger partial charge in [-0.1, -0.05) is 18.2 Å². The topological polar surface area (TPSA) is 93.4 Å². The molecule has 8 heteroatoms. The lowest BCUT2D eigenvalue weighted by Gasteiger charge is -2.09. The number of nitrogens with one attached hydrogen (secondary N) is 2. The van der Waals surface area contributed by atoms with Crippen LogP contribution in [0.15, 0.2) is 55.1 Å². The maximum Gasteiger partial charge on any atom is 0.233 e. The van der Waals surface area contributed by atoms with Gasteiger partial charge in [-0.05, 0) is 31.0 Å². The van der Waals surface area contributed by atoms with Crippen molar-refractivity contribution in [1.29, 1.82) is 0 Å². The van der Waals surface area contributed by atoms with Gasteiger partial charge in [0.05, 0.1) is 0 Å². The second-order valence-electron chi connectivity index (χ2n) is 6.13. The van der Waals surface area contributed by atoms with Crippen molar-refractivity contribution in [3.8, 4) is 5.69 Å². The first kappa shape index (κ1) is 14.8. The second-order valence-corrected chi connectivity index (χ2v) is 6.13. The van der Waals surface area contributed by atoms with E-state index in [0.717, 1.165) is 35.5 Å². The maximum atomic E-state index is 4.65. The van der Waals surface area contributed by atoms with Gasteiger partial charge in [-0.25, -0.2) is 15.0 Å². The van der Waals surface area contributed by atoms with E-state index < -0.39 is 0 Å². The first-order valence-electron chi connectivity index (χ1n) is 8.48. The fraction of sp³-hybridized carbons (Fsp3) is 0.167. The van der Waals surface area contributed by atoms with E-state index in [2.05, 4.69) is 35.6 Å². The number of aromatic nitrogens is 6. The van der Waals surface area contributed by atoms with E-state index in [1.807, 2.05) is 34.9 Å². The van der Waals surface area contributed by atoms with Crippen LogP contribution in [0.3, 0.4) is 0 Å². The molecule has 0 bridgehead atoms. The van der Waals surface area contributed by atoms with Crippen LogP contribution in [-0.4, -0.2) is 35.5 Å². The van der Waals surface area contributed by atoms with Gasteiger partial charge in [0.25, 0.3) is 0 Å². The van der Waals surface area contributed by atoms with Crippen LogP contribution < -0.4 is 10.6 Å². The molecule has 0 atom stereocenters. The summed E-state index contributed by atoms with van der Waals surface area (Å²) in [6.07, 6.45) is 7.41. The van der Waals surface area contributed by atoms with Crippen molar-refractivity contribution in [3.05, 3.63) is 55.1 Å². The van der Waals surface area contributed by atoms with Crippen LogP contribution >= 0.6 is 0 Å². The van der Waals surface area contributed by atoms with Gasteiger partial charge in [0.1, 0.15) is 6.33 Å². The molecule has 4 aromatic rings. The average Bonchev–Trinajstić information content (AvgIpc) is 3.39. The van der Waals surface area contributed by atoms with Crippen molar-refractivity contribution in [2.75, 3.05) is 10.6 Å². The number of rotatable bonds is 5. The van der Waals surface area contributed by atoms with Gasteiger partial charge in [-0.2, -0.15) is 9.97 Å². The minimum atomic E-state index is 0.435. The standard InChI is InChI=1S/C18H16N8/c1-2-5-13(6-3-1)26-11-21-14-15(22-12-7-8-12)23-18(24-16(14)26)25-17-19-9-4-10-20-17/h1-6,9-12H,7-8H2,(H2,19,20,22,23,24,25). The highest BCUT2D eigenvalue weighted by Crippen LogP contribution is 2.29. The van der Waals surface area contributed by atoms with Gasteiger partial charge in [-0.15, -0.1) is 0 Å². The van der Waals surface area contributed by atoms with Gasteiger partial charge < -0.3 is 5.32 Å². The van der Waals surface area contributed by atoms with Crippen LogP contribution in [0.2, 0.25) is 0 Å². The smallest absolute Gasteiger partial charge is 0.233 e. The summed E-state index contributed by atoms with van der Waals surface area (Å²) in [6.45, 7) is 0. The van der Waals surface area contributed by atoms with Crippen molar-refractivity contribution < 1.29 is 0 Å². The zero-order valence-electron chi connectivity index (χ0n) is 13.9. The number of hydrogen-bond acceptors (Lipinski definition) is 7. The molecule has 3 heterocycles. The zero-order chi connectivity index (χ0) is 17.3. The molecule has 8 nitrogen and oxygen atoms in total. The Morgan fingerprint density at radius 3 is 2.46 bits per heavy atom. The number of hydrogen-bond donors (Lipinski definition) is 2. The quantitative estimate of drug-likeness (QED) is 0.575. The molecular weight excluding hydrogens is 328 g/mol. The fourth-order valence-electron chi connectivity index (χ4n) is 2.72. The van der Waals surface area contributed by atoms with Crippen LogP contribution in [0, 0.1) is 0 Å². The molecule has 3 aromatic heterocycles. The molecule has 0 radical (unpaired) electrons. The predicted octanol–water partition coefficient (Wildman–Crippen LogP) is 2.92. The molecule has 1 aliphatic carbocycles. The predicted molar refractivity (Wildman–Crippen MR) is 98.6 cm³/mol. The van der Waals surface area contributed by atoms with E-state index >= 15 is 0 Å². The third kappa shape index (κ3) is 2.81. The highest BCUT2D eigenvalue weighted by molar-refractivity contribution is 5.86. The Bertz CT molecular complexity index is 1040. The molecular formula is C18H16N8. The third-order valence-electron chi connectivity index (χ3n) is 4.14. The molecule has 0 unspecified atom stereocenters. The lowest BCUT2D eigenvalue weighted by molar-refractivity contribution is 1.05. The molecule has 5 rings (SSSR count). The van der Waals surface area contributed by atoms with E-state index in [1.54, 1.807) is 24.8 Å². The van der Waals surface area contributed by atoms with Crippen LogP contribution in [0.4, 0.5) is 17.7 Å². The Balaban J connectivity index is 1.63. The van der Waals surface area contributed by atoms with Crippen LogP contribution in [-0.2, 0) is 0 Å². The monoisotopic (exact) mass is 344 g/mol. The van der Waals surface area contributed by atoms with Crippen molar-refractivity contribution in [1.82, 2.24) is 29.5 Å². The summed E-state index contributed by atoms with van der Waals surface area (Å²) in [5.74, 6) is 1.62. The molecule has 128 valence electrons. The Hall–Kier alpha value is -3.55. The average molecular weight is 344 g/mol. The summed E-state index contributed by atoms with van der Waals surface area (Å²) in [5, 5.41) is 6.52. The summed E-state index contributed by atoms with van der Waals surface area (Å²) in [6, 6.07) is 12.2. The van der Waals surface area contributed by atoms with E-state index in [9.17, 15) is 0 Å². The van der Waals surface area contributed by atoms with E-state index in [4.69, 9.17) is 0 Å². The van der Waals surface area contributed by atoms with E-state index in [1.165, 1.54) is 0 Å². The summed E-state index contributed by atoms with van der Waals surface area (Å²) in [4.78, 5) is 22.1. The zero-order valence-corrected chi connectivity index (χ0v) is 13.9. The highest BCUT2D eigenvalue weighted by atomic mass is 15.2. The first-order chi connectivity index (χ1) is 12.9. The lowest BCUT2D eigenvalue weighted by Crippen LogP contribution is -2.08. The molecule has 1 fully saturated rings. The van der Waals surface area contributed by atoms with Crippen LogP contribution in [0.5, 0.6) is 0 Å². The number of nitrogens with zero attached hydrogens (tertiary/aromatic N) is 6. The Kier molecular flexibility index (Phi) is 3.45. The maximum absolute atomic E-state index is 4.65. The molecule has 26 heavy (non-hydrogen) atoms. The summed E-state index contributed by atoms with van der Waals surface area (Å²) in [7, 11) is 0. The van der Waals surface area contributed by atoms with Crippen molar-refractivity contribution in [2.24, 2.45) is 0 Å². The molecule has 1 saturated carbocycles. The number of imidazole rings is 1. The van der Waals surface area contributed by atoms with Crippen molar-refractivity contribution in [3.63, 3.8) is 0 Å². The Morgan fingerprint density at radius 2 is 1.69 bits per heavy atom. The van der Waals surface area contributed by atoms with Crippen LogP contribution in [0.1, 0.15) is 12.8 Å². The van der Waals surface area contributed by atoms with Gasteiger partial charge in [-0.3, -0.25) is 9.88 Å². The largest absolute Gasteiger partial charge is 0.365 e. The minimum absolute atomic E-state index is 0.435. The number of para-hydroxylation sites is 1. The van der Waals surface area contributed by atoms with E-state index in [-0.39, 0.29) is 0 Å². The van der Waals surface area contributed by atoms with Crippen molar-refractivity contribution in [2.45, 2.75) is 18.9 Å². The van der Waals surface area contributed by atoms with Gasteiger partial charge in [0.2, 0.25) is 11.9 Å². The van der Waals surface area contributed by atoms with Gasteiger partial charge in [0, 0.05) is 24.1 Å². The van der Waals surface area contributed by atoms with Gasteiger partial charge in [0.15, 0.2) is 17.0 Å². The highest BCUT2D eigenvalue weighted by Gasteiger charge is 2.24.